The molecule has 8 nitrogen and oxygen atoms in total. The van der Waals surface area contributed by atoms with Crippen molar-refractivity contribution >= 4 is 15.5 Å². The molecule has 0 radical (unpaired) electrons. The van der Waals surface area contributed by atoms with Gasteiger partial charge in [0.25, 0.3) is 0 Å². The molecule has 0 bridgehead atoms. The van der Waals surface area contributed by atoms with Crippen LogP contribution in [0.2, 0.25) is 0 Å². The lowest BCUT2D eigenvalue weighted by Gasteiger charge is -2.33. The third-order valence-electron chi connectivity index (χ3n) is 4.58. The molecule has 1 N–H and O–H groups in total. The van der Waals surface area contributed by atoms with Gasteiger partial charge in [-0.05, 0) is 30.5 Å². The minimum Gasteiger partial charge on any atom is -0.392 e. The van der Waals surface area contributed by atoms with Crippen LogP contribution in [0, 0.1) is 11.6 Å². The van der Waals surface area contributed by atoms with E-state index in [1.54, 1.807) is 0 Å². The molecule has 0 unspecified atom stereocenters. The average Bonchev–Trinajstić information content (AvgIpc) is 3.04. The Morgan fingerprint density at radius 2 is 1.96 bits per heavy atom. The zero-order chi connectivity index (χ0) is 18.9. The van der Waals surface area contributed by atoms with Crippen LogP contribution in [0.15, 0.2) is 22.4 Å². The summed E-state index contributed by atoms with van der Waals surface area (Å²) in [6, 6.07) is 2.08. The lowest BCUT2D eigenvalue weighted by atomic mass is 9.86. The number of azide groups is 1. The Morgan fingerprint density at radius 1 is 1.35 bits per heavy atom. The summed E-state index contributed by atoms with van der Waals surface area (Å²) in [5.41, 5.74) is 6.36. The molecule has 1 aromatic carbocycles. The van der Waals surface area contributed by atoms with Crippen molar-refractivity contribution in [3.63, 3.8) is 0 Å². The fourth-order valence-corrected chi connectivity index (χ4v) is 4.64. The number of rotatable bonds is 4. The molecule has 0 saturated carbocycles. The van der Waals surface area contributed by atoms with Crippen LogP contribution in [-0.4, -0.2) is 43.4 Å². The average molecular weight is 386 g/mol. The van der Waals surface area contributed by atoms with Gasteiger partial charge in [0, 0.05) is 16.9 Å². The zero-order valence-electron chi connectivity index (χ0n) is 13.6. The standard InChI is InChI=1S/C15H16F2N4O4S/c16-11-5-9(13-7-10(25-20-13)8-19-21-18)6-12(17)14(11)15(22)1-3-26(23,24)4-2-15/h5-6,10,22H,1-4,7-8H2/t10-/m1/s1. The summed E-state index contributed by atoms with van der Waals surface area (Å²) in [4.78, 5) is 7.66. The Hall–Kier alpha value is -2.23. The fraction of sp³-hybridized carbons (Fsp3) is 0.533. The number of oxime groups is 1. The van der Waals surface area contributed by atoms with Crippen LogP contribution >= 0.6 is 0 Å². The second kappa shape index (κ2) is 6.82. The van der Waals surface area contributed by atoms with Crippen molar-refractivity contribution in [2.75, 3.05) is 18.1 Å². The van der Waals surface area contributed by atoms with Crippen molar-refractivity contribution in [2.45, 2.75) is 31.0 Å². The summed E-state index contributed by atoms with van der Waals surface area (Å²) in [6.07, 6.45) is -0.805. The Bertz CT molecular complexity index is 875. The molecule has 1 saturated heterocycles. The van der Waals surface area contributed by atoms with Crippen LogP contribution < -0.4 is 0 Å². The molecule has 1 aromatic rings. The zero-order valence-corrected chi connectivity index (χ0v) is 14.4. The molecule has 26 heavy (non-hydrogen) atoms. The highest BCUT2D eigenvalue weighted by Gasteiger charge is 2.41. The number of hydrogen-bond acceptors (Lipinski definition) is 6. The topological polar surface area (TPSA) is 125 Å². The summed E-state index contributed by atoms with van der Waals surface area (Å²) in [5.74, 6) is -2.59. The Labute approximate surface area is 148 Å². The maximum atomic E-state index is 14.6. The van der Waals surface area contributed by atoms with Gasteiger partial charge in [-0.25, -0.2) is 17.2 Å². The van der Waals surface area contributed by atoms with Crippen LogP contribution in [0.4, 0.5) is 8.78 Å². The third-order valence-corrected chi connectivity index (χ3v) is 6.23. The summed E-state index contributed by atoms with van der Waals surface area (Å²) in [7, 11) is -3.30. The molecular formula is C15H16F2N4O4S. The smallest absolute Gasteiger partial charge is 0.150 e. The minimum atomic E-state index is -3.30. The molecule has 1 atom stereocenters. The predicted octanol–water partition coefficient (Wildman–Crippen LogP) is 2.16. The van der Waals surface area contributed by atoms with Crippen molar-refractivity contribution < 1.29 is 27.1 Å². The minimum absolute atomic E-state index is 0.0424. The number of halogens is 2. The molecule has 140 valence electrons. The van der Waals surface area contributed by atoms with Crippen LogP contribution in [0.25, 0.3) is 10.4 Å². The number of sulfone groups is 1. The van der Waals surface area contributed by atoms with E-state index in [0.717, 1.165) is 12.1 Å². The van der Waals surface area contributed by atoms with Crippen molar-refractivity contribution in [3.05, 3.63) is 45.3 Å². The first-order valence-electron chi connectivity index (χ1n) is 7.90. The van der Waals surface area contributed by atoms with Gasteiger partial charge in [-0.2, -0.15) is 0 Å². The first-order chi connectivity index (χ1) is 12.2. The van der Waals surface area contributed by atoms with Crippen LogP contribution in [-0.2, 0) is 20.3 Å². The first kappa shape index (κ1) is 18.6. The van der Waals surface area contributed by atoms with Gasteiger partial charge in [-0.1, -0.05) is 10.3 Å². The Kier molecular flexibility index (Phi) is 4.87. The number of hydrogen-bond donors (Lipinski definition) is 1. The fourth-order valence-electron chi connectivity index (χ4n) is 3.13. The first-order valence-corrected chi connectivity index (χ1v) is 9.72. The summed E-state index contributed by atoms with van der Waals surface area (Å²) >= 11 is 0. The van der Waals surface area contributed by atoms with E-state index in [1.807, 2.05) is 0 Å². The van der Waals surface area contributed by atoms with Crippen molar-refractivity contribution in [3.8, 4) is 0 Å². The second-order valence-corrected chi connectivity index (χ2v) is 8.68. The van der Waals surface area contributed by atoms with E-state index in [-0.39, 0.29) is 42.9 Å². The molecule has 11 heteroatoms. The van der Waals surface area contributed by atoms with E-state index in [9.17, 15) is 22.3 Å². The van der Waals surface area contributed by atoms with E-state index in [0.29, 0.717) is 5.71 Å². The normalized spacial score (nSPS) is 23.7. The van der Waals surface area contributed by atoms with E-state index in [2.05, 4.69) is 15.2 Å². The van der Waals surface area contributed by atoms with Gasteiger partial charge in [0.05, 0.1) is 34.9 Å². The van der Waals surface area contributed by atoms with Gasteiger partial charge in [0.15, 0.2) is 9.84 Å². The van der Waals surface area contributed by atoms with Gasteiger partial charge >= 0.3 is 0 Å². The monoisotopic (exact) mass is 386 g/mol. The molecule has 2 aliphatic rings. The molecule has 2 heterocycles. The summed E-state index contributed by atoms with van der Waals surface area (Å²) in [6.45, 7) is 0.0424. The highest BCUT2D eigenvalue weighted by atomic mass is 32.2. The van der Waals surface area contributed by atoms with Gasteiger partial charge in [0.1, 0.15) is 17.7 Å². The van der Waals surface area contributed by atoms with Crippen molar-refractivity contribution in [1.29, 1.82) is 0 Å². The van der Waals surface area contributed by atoms with E-state index < -0.39 is 38.7 Å². The van der Waals surface area contributed by atoms with Gasteiger partial charge in [-0.15, -0.1) is 0 Å². The predicted molar refractivity (Wildman–Crippen MR) is 88.2 cm³/mol. The van der Waals surface area contributed by atoms with Crippen molar-refractivity contribution in [2.24, 2.45) is 10.3 Å². The largest absolute Gasteiger partial charge is 0.392 e. The van der Waals surface area contributed by atoms with Crippen LogP contribution in [0.5, 0.6) is 0 Å². The number of nitrogens with zero attached hydrogens (tertiary/aromatic N) is 4. The third kappa shape index (κ3) is 3.64. The number of benzene rings is 1. The summed E-state index contributed by atoms with van der Waals surface area (Å²) in [5, 5.41) is 17.7. The van der Waals surface area contributed by atoms with E-state index in [4.69, 9.17) is 10.4 Å². The molecule has 0 aliphatic carbocycles. The Balaban J connectivity index is 1.85. The molecule has 3 rings (SSSR count). The second-order valence-electron chi connectivity index (χ2n) is 6.38. The SMILES string of the molecule is [N-]=[N+]=NC[C@H]1CC(c2cc(F)c(C3(O)CCS(=O)(=O)CC3)c(F)c2)=NO1. The molecule has 0 spiro atoms. The molecule has 0 aromatic heterocycles. The highest BCUT2D eigenvalue weighted by Crippen LogP contribution is 2.37. The highest BCUT2D eigenvalue weighted by molar-refractivity contribution is 7.91. The molecular weight excluding hydrogens is 370 g/mol. The number of aliphatic hydroxyl groups is 1. The van der Waals surface area contributed by atoms with E-state index in [1.165, 1.54) is 0 Å². The lowest BCUT2D eigenvalue weighted by Crippen LogP contribution is -2.38. The van der Waals surface area contributed by atoms with Gasteiger partial charge < -0.3 is 9.94 Å². The molecule has 2 aliphatic heterocycles. The van der Waals surface area contributed by atoms with E-state index >= 15 is 0 Å². The van der Waals surface area contributed by atoms with Crippen LogP contribution in [0.1, 0.15) is 30.4 Å². The Morgan fingerprint density at radius 3 is 2.54 bits per heavy atom. The van der Waals surface area contributed by atoms with Crippen molar-refractivity contribution in [1.82, 2.24) is 0 Å². The van der Waals surface area contributed by atoms with Gasteiger partial charge in [-0.3, -0.25) is 0 Å². The maximum Gasteiger partial charge on any atom is 0.150 e. The van der Waals surface area contributed by atoms with Crippen LogP contribution in [0.3, 0.4) is 0 Å². The quantitative estimate of drug-likeness (QED) is 0.483. The lowest BCUT2D eigenvalue weighted by molar-refractivity contribution is 0.0191. The summed E-state index contributed by atoms with van der Waals surface area (Å²) < 4.78 is 52.2. The molecule has 0 amide bonds. The maximum absolute atomic E-state index is 14.6. The molecule has 1 fully saturated rings. The van der Waals surface area contributed by atoms with Gasteiger partial charge in [0.2, 0.25) is 0 Å².